The fourth-order valence-electron chi connectivity index (χ4n) is 4.27. The zero-order valence-corrected chi connectivity index (χ0v) is 17.3. The second-order valence-corrected chi connectivity index (χ2v) is 10.4. The average molecular weight is 414 g/mol. The maximum Gasteiger partial charge on any atom is 0.244 e. The van der Waals surface area contributed by atoms with Crippen LogP contribution in [0.2, 0.25) is 0 Å². The quantitative estimate of drug-likeness (QED) is 0.644. The zero-order valence-electron chi connectivity index (χ0n) is 16.5. The number of imidazole rings is 1. The van der Waals surface area contributed by atoms with Gasteiger partial charge < -0.3 is 5.73 Å². The van der Waals surface area contributed by atoms with Crippen LogP contribution in [0.5, 0.6) is 0 Å². The molecule has 4 rings (SSSR count). The summed E-state index contributed by atoms with van der Waals surface area (Å²) in [4.78, 5) is 4.25. The van der Waals surface area contributed by atoms with Crippen LogP contribution in [0.15, 0.2) is 54.6 Å². The Morgan fingerprint density at radius 2 is 1.83 bits per heavy atom. The number of nitrogens with zero attached hydrogens (tertiary/aromatic N) is 2. The van der Waals surface area contributed by atoms with Crippen LogP contribution in [-0.2, 0) is 15.4 Å². The number of rotatable bonds is 4. The van der Waals surface area contributed by atoms with Crippen molar-refractivity contribution in [1.29, 1.82) is 0 Å². The Kier molecular flexibility index (Phi) is 4.53. The van der Waals surface area contributed by atoms with Crippen molar-refractivity contribution in [3.8, 4) is 0 Å². The Morgan fingerprint density at radius 1 is 1.17 bits per heavy atom. The van der Waals surface area contributed by atoms with Crippen LogP contribution in [0.1, 0.15) is 44.2 Å². The average Bonchev–Trinajstić information content (AvgIpc) is 3.21. The molecule has 1 aliphatic carbocycles. The third-order valence-electron chi connectivity index (χ3n) is 5.89. The molecule has 29 heavy (non-hydrogen) atoms. The van der Waals surface area contributed by atoms with Crippen LogP contribution in [0.3, 0.4) is 0 Å². The van der Waals surface area contributed by atoms with Gasteiger partial charge in [0.05, 0.1) is 16.3 Å². The van der Waals surface area contributed by atoms with E-state index in [0.717, 1.165) is 39.9 Å². The van der Waals surface area contributed by atoms with Crippen LogP contribution in [-0.4, -0.2) is 22.6 Å². The fraction of sp³-hybridized carbons (Fsp3) is 0.318. The number of nitrogens with two attached hydrogens (primary N) is 1. The first-order valence-corrected chi connectivity index (χ1v) is 11.1. The summed E-state index contributed by atoms with van der Waals surface area (Å²) >= 11 is 0. The minimum atomic E-state index is -3.67. The van der Waals surface area contributed by atoms with Crippen molar-refractivity contribution in [3.05, 3.63) is 71.6 Å². The highest BCUT2D eigenvalue weighted by Crippen LogP contribution is 2.48. The molecule has 0 bridgehead atoms. The molecule has 1 fully saturated rings. The fourth-order valence-corrected chi connectivity index (χ4v) is 5.41. The molecule has 3 aromatic rings. The monoisotopic (exact) mass is 413 g/mol. The number of anilines is 1. The summed E-state index contributed by atoms with van der Waals surface area (Å²) in [7, 11) is -3.67. The van der Waals surface area contributed by atoms with Gasteiger partial charge in [-0.1, -0.05) is 30.4 Å². The number of benzene rings is 2. The Labute approximate surface area is 170 Å². The highest BCUT2D eigenvalue weighted by molar-refractivity contribution is 7.90. The lowest BCUT2D eigenvalue weighted by Crippen LogP contribution is -2.25. The van der Waals surface area contributed by atoms with E-state index in [0.29, 0.717) is 11.0 Å². The van der Waals surface area contributed by atoms with Gasteiger partial charge in [0, 0.05) is 5.41 Å². The van der Waals surface area contributed by atoms with E-state index >= 15 is 0 Å². The van der Waals surface area contributed by atoms with Gasteiger partial charge in [0.1, 0.15) is 5.82 Å². The molecule has 0 amide bonds. The highest BCUT2D eigenvalue weighted by atomic mass is 32.2. The number of allylic oxidation sites excluding steroid dienone is 1. The Balaban J connectivity index is 1.97. The summed E-state index contributed by atoms with van der Waals surface area (Å²) in [6.45, 7) is 7.39. The summed E-state index contributed by atoms with van der Waals surface area (Å²) in [6.07, 6.45) is 2.41. The minimum Gasteiger partial charge on any atom is -0.368 e. The second-order valence-electron chi connectivity index (χ2n) is 8.05. The molecular formula is C22H24FN3O2S. The van der Waals surface area contributed by atoms with Gasteiger partial charge in [-0.3, -0.25) is 0 Å². The standard InChI is InChI=1S/C22H24FN3O2S/c1-14(2)29(27,28)26-20-12-17(6-9-19(20)25-21(26)24)22(11-10-15(3)13-22)16-4-7-18(23)8-5-16/h4-9,12,14H,3,10-11,13H2,1-2H3,(H2,24,25). The first-order valence-electron chi connectivity index (χ1n) is 9.61. The van der Waals surface area contributed by atoms with E-state index in [1.54, 1.807) is 32.0 Å². The lowest BCUT2D eigenvalue weighted by Gasteiger charge is -2.30. The van der Waals surface area contributed by atoms with Crippen molar-refractivity contribution in [2.45, 2.75) is 43.8 Å². The predicted octanol–water partition coefficient (Wildman–Crippen LogP) is 4.37. The molecule has 2 N–H and O–H groups in total. The Morgan fingerprint density at radius 3 is 2.41 bits per heavy atom. The number of hydrogen-bond donors (Lipinski definition) is 1. The van der Waals surface area contributed by atoms with Crippen molar-refractivity contribution in [1.82, 2.24) is 8.96 Å². The van der Waals surface area contributed by atoms with Crippen LogP contribution < -0.4 is 5.73 Å². The topological polar surface area (TPSA) is 78.0 Å². The van der Waals surface area contributed by atoms with Gasteiger partial charge in [-0.25, -0.2) is 21.8 Å². The van der Waals surface area contributed by atoms with Crippen molar-refractivity contribution in [2.75, 3.05) is 5.73 Å². The van der Waals surface area contributed by atoms with Crippen molar-refractivity contribution in [3.63, 3.8) is 0 Å². The molecule has 0 saturated heterocycles. The van der Waals surface area contributed by atoms with Gasteiger partial charge in [0.25, 0.3) is 0 Å². The molecule has 0 aliphatic heterocycles. The van der Waals surface area contributed by atoms with Gasteiger partial charge in [0.2, 0.25) is 16.0 Å². The second kappa shape index (κ2) is 6.69. The lowest BCUT2D eigenvalue weighted by atomic mass is 9.73. The van der Waals surface area contributed by atoms with Crippen molar-refractivity contribution < 1.29 is 12.8 Å². The van der Waals surface area contributed by atoms with Crippen molar-refractivity contribution >= 4 is 27.0 Å². The molecule has 1 saturated carbocycles. The van der Waals surface area contributed by atoms with Crippen molar-refractivity contribution in [2.24, 2.45) is 0 Å². The Bertz CT molecular complexity index is 1210. The third-order valence-corrected chi connectivity index (χ3v) is 7.98. The number of aromatic nitrogens is 2. The maximum atomic E-state index is 13.5. The summed E-state index contributed by atoms with van der Waals surface area (Å²) in [6, 6.07) is 12.1. The predicted molar refractivity (Wildman–Crippen MR) is 114 cm³/mol. The summed E-state index contributed by atoms with van der Waals surface area (Å²) < 4.78 is 40.5. The van der Waals surface area contributed by atoms with E-state index < -0.39 is 15.3 Å². The van der Waals surface area contributed by atoms with E-state index in [1.807, 2.05) is 12.1 Å². The molecule has 152 valence electrons. The molecular weight excluding hydrogens is 389 g/mol. The largest absolute Gasteiger partial charge is 0.368 e. The summed E-state index contributed by atoms with van der Waals surface area (Å²) in [5.74, 6) is -0.331. The smallest absolute Gasteiger partial charge is 0.244 e. The molecule has 7 heteroatoms. The highest BCUT2D eigenvalue weighted by Gasteiger charge is 2.39. The zero-order chi connectivity index (χ0) is 21.0. The maximum absolute atomic E-state index is 13.5. The first-order chi connectivity index (χ1) is 13.6. The number of halogens is 1. The molecule has 1 aromatic heterocycles. The third kappa shape index (κ3) is 3.04. The van der Waals surface area contributed by atoms with Gasteiger partial charge in [-0.05, 0) is 68.5 Å². The van der Waals surface area contributed by atoms with E-state index in [-0.39, 0.29) is 17.2 Å². The molecule has 5 nitrogen and oxygen atoms in total. The van der Waals surface area contributed by atoms with Crippen LogP contribution >= 0.6 is 0 Å². The molecule has 2 aromatic carbocycles. The van der Waals surface area contributed by atoms with Gasteiger partial charge in [0.15, 0.2) is 0 Å². The molecule has 1 heterocycles. The number of fused-ring (bicyclic) bond motifs is 1. The summed E-state index contributed by atoms with van der Waals surface area (Å²) in [5.41, 5.74) is 9.66. The first kappa shape index (κ1) is 19.6. The van der Waals surface area contributed by atoms with E-state index in [9.17, 15) is 12.8 Å². The molecule has 1 unspecified atom stereocenters. The molecule has 0 spiro atoms. The van der Waals surface area contributed by atoms with Crippen LogP contribution in [0.4, 0.5) is 10.3 Å². The minimum absolute atomic E-state index is 0.0440. The van der Waals surface area contributed by atoms with E-state index in [2.05, 4.69) is 11.6 Å². The van der Waals surface area contributed by atoms with Gasteiger partial charge in [-0.2, -0.15) is 0 Å². The lowest BCUT2D eigenvalue weighted by molar-refractivity contribution is 0.540. The molecule has 1 aliphatic rings. The van der Waals surface area contributed by atoms with Crippen LogP contribution in [0.25, 0.3) is 11.0 Å². The van der Waals surface area contributed by atoms with Crippen LogP contribution in [0, 0.1) is 5.82 Å². The number of hydrogen-bond acceptors (Lipinski definition) is 4. The van der Waals surface area contributed by atoms with Gasteiger partial charge >= 0.3 is 0 Å². The summed E-state index contributed by atoms with van der Waals surface area (Å²) in [5, 5.41) is -0.636. The van der Waals surface area contributed by atoms with Gasteiger partial charge in [-0.15, -0.1) is 0 Å². The normalized spacial score (nSPS) is 20.1. The van der Waals surface area contributed by atoms with E-state index in [1.165, 1.54) is 12.1 Å². The number of nitrogen functional groups attached to an aromatic ring is 1. The Hall–Kier alpha value is -2.67. The molecule has 1 atom stereocenters. The van der Waals surface area contributed by atoms with E-state index in [4.69, 9.17) is 5.73 Å². The SMILES string of the molecule is C=C1CCC(c2ccc(F)cc2)(c2ccc3nc(N)n(S(=O)(=O)C(C)C)c3c2)C1. The molecule has 0 radical (unpaired) electrons.